The van der Waals surface area contributed by atoms with Crippen molar-refractivity contribution in [2.24, 2.45) is 5.92 Å². The van der Waals surface area contributed by atoms with Gasteiger partial charge in [0.2, 0.25) is 0 Å². The highest BCUT2D eigenvalue weighted by Crippen LogP contribution is 2.41. The van der Waals surface area contributed by atoms with Gasteiger partial charge in [0.15, 0.2) is 11.6 Å². The van der Waals surface area contributed by atoms with Crippen molar-refractivity contribution < 1.29 is 22.7 Å². The third-order valence-electron chi connectivity index (χ3n) is 4.60. The molecule has 1 aliphatic rings. The SMILES string of the molecule is O=C(NC(c1ccc(OC(F)(F)F)cc1)C1CC1)c1cc(=O)[nH]c(-c2ncccn2)n1. The van der Waals surface area contributed by atoms with Crippen LogP contribution in [0.2, 0.25) is 0 Å². The molecule has 1 aromatic carbocycles. The van der Waals surface area contributed by atoms with Crippen molar-refractivity contribution in [2.75, 3.05) is 0 Å². The Balaban J connectivity index is 1.55. The van der Waals surface area contributed by atoms with Gasteiger partial charge in [0.05, 0.1) is 6.04 Å². The van der Waals surface area contributed by atoms with E-state index in [0.717, 1.165) is 18.9 Å². The molecule has 2 heterocycles. The highest BCUT2D eigenvalue weighted by molar-refractivity contribution is 5.92. The third kappa shape index (κ3) is 5.24. The number of H-pyrrole nitrogens is 1. The molecule has 3 aromatic rings. The summed E-state index contributed by atoms with van der Waals surface area (Å²) in [5, 5.41) is 2.83. The largest absolute Gasteiger partial charge is 0.573 e. The number of aromatic amines is 1. The number of alkyl halides is 3. The van der Waals surface area contributed by atoms with E-state index in [9.17, 15) is 22.8 Å². The molecule has 0 radical (unpaired) electrons. The summed E-state index contributed by atoms with van der Waals surface area (Å²) in [5.74, 6) is -0.586. The number of hydrogen-bond acceptors (Lipinski definition) is 6. The zero-order valence-electron chi connectivity index (χ0n) is 15.9. The fraction of sp³-hybridized carbons (Fsp3) is 0.250. The molecular formula is C20H16F3N5O3. The lowest BCUT2D eigenvalue weighted by atomic mass is 10.0. The van der Waals surface area contributed by atoms with E-state index < -0.39 is 23.9 Å². The molecule has 31 heavy (non-hydrogen) atoms. The molecule has 1 unspecified atom stereocenters. The molecule has 0 spiro atoms. The lowest BCUT2D eigenvalue weighted by molar-refractivity contribution is -0.274. The van der Waals surface area contributed by atoms with Crippen molar-refractivity contribution in [3.63, 3.8) is 0 Å². The molecule has 1 amide bonds. The molecule has 2 N–H and O–H groups in total. The van der Waals surface area contributed by atoms with Crippen LogP contribution in [-0.2, 0) is 0 Å². The van der Waals surface area contributed by atoms with Crippen molar-refractivity contribution in [2.45, 2.75) is 25.2 Å². The Hall–Kier alpha value is -3.76. The van der Waals surface area contributed by atoms with Crippen molar-refractivity contribution in [3.8, 4) is 17.4 Å². The van der Waals surface area contributed by atoms with E-state index in [2.05, 4.69) is 30.0 Å². The maximum Gasteiger partial charge on any atom is 0.573 e. The predicted molar refractivity (Wildman–Crippen MR) is 102 cm³/mol. The van der Waals surface area contributed by atoms with Crippen LogP contribution in [0.25, 0.3) is 11.6 Å². The minimum absolute atomic E-state index is 0.0508. The second-order valence-corrected chi connectivity index (χ2v) is 6.96. The Kier molecular flexibility index (Phi) is 5.40. The zero-order chi connectivity index (χ0) is 22.0. The minimum Gasteiger partial charge on any atom is -0.406 e. The summed E-state index contributed by atoms with van der Waals surface area (Å²) in [6.45, 7) is 0. The third-order valence-corrected chi connectivity index (χ3v) is 4.60. The van der Waals surface area contributed by atoms with Crippen LogP contribution in [-0.4, -0.2) is 32.2 Å². The molecule has 4 rings (SSSR count). The van der Waals surface area contributed by atoms with Gasteiger partial charge in [-0.3, -0.25) is 9.59 Å². The standard InChI is InChI=1S/C20H16F3N5O3/c21-20(22,23)31-13-6-4-12(5-7-13)16(11-2-3-11)28-19(30)14-10-15(29)27-18(26-14)17-24-8-1-9-25-17/h1,4-11,16H,2-3H2,(H,28,30)(H,26,27,29). The summed E-state index contributed by atoms with van der Waals surface area (Å²) < 4.78 is 41.0. The topological polar surface area (TPSA) is 110 Å². The molecular weight excluding hydrogens is 415 g/mol. The molecule has 160 valence electrons. The van der Waals surface area contributed by atoms with Crippen molar-refractivity contribution in [3.05, 3.63) is 70.4 Å². The number of carbonyl (C=O) groups excluding carboxylic acids is 1. The van der Waals surface area contributed by atoms with Crippen LogP contribution in [0.3, 0.4) is 0 Å². The predicted octanol–water partition coefficient (Wildman–Crippen LogP) is 3.01. The highest BCUT2D eigenvalue weighted by Gasteiger charge is 2.35. The van der Waals surface area contributed by atoms with Crippen molar-refractivity contribution in [1.82, 2.24) is 25.3 Å². The normalized spacial score (nSPS) is 14.7. The molecule has 1 aliphatic carbocycles. The number of ether oxygens (including phenoxy) is 1. The number of halogens is 3. The molecule has 8 nitrogen and oxygen atoms in total. The van der Waals surface area contributed by atoms with Crippen molar-refractivity contribution in [1.29, 1.82) is 0 Å². The Morgan fingerprint density at radius 3 is 2.45 bits per heavy atom. The van der Waals surface area contributed by atoms with Gasteiger partial charge in [-0.05, 0) is 42.5 Å². The van der Waals surface area contributed by atoms with Gasteiger partial charge in [-0.15, -0.1) is 13.2 Å². The second kappa shape index (κ2) is 8.17. The van der Waals surface area contributed by atoms with E-state index in [1.54, 1.807) is 6.07 Å². The van der Waals surface area contributed by atoms with E-state index in [1.807, 2.05) is 0 Å². The first-order chi connectivity index (χ1) is 14.8. The van der Waals surface area contributed by atoms with E-state index in [-0.39, 0.29) is 29.0 Å². The van der Waals surface area contributed by atoms with E-state index >= 15 is 0 Å². The molecule has 1 atom stereocenters. The lowest BCUT2D eigenvalue weighted by Gasteiger charge is -2.19. The fourth-order valence-corrected chi connectivity index (χ4v) is 3.10. The molecule has 1 fully saturated rings. The molecule has 11 heteroatoms. The van der Waals surface area contributed by atoms with E-state index in [0.29, 0.717) is 5.56 Å². The van der Waals surface area contributed by atoms with Crippen LogP contribution in [0.5, 0.6) is 5.75 Å². The molecule has 0 bridgehead atoms. The summed E-state index contributed by atoms with van der Waals surface area (Å²) >= 11 is 0. The van der Waals surface area contributed by atoms with Gasteiger partial charge in [-0.25, -0.2) is 15.0 Å². The van der Waals surface area contributed by atoms with Crippen LogP contribution >= 0.6 is 0 Å². The smallest absolute Gasteiger partial charge is 0.406 e. The molecule has 2 aromatic heterocycles. The van der Waals surface area contributed by atoms with Gasteiger partial charge in [-0.1, -0.05) is 12.1 Å². The van der Waals surface area contributed by atoms with Gasteiger partial charge in [0.25, 0.3) is 11.5 Å². The molecule has 0 aliphatic heterocycles. The van der Waals surface area contributed by atoms with Crippen molar-refractivity contribution >= 4 is 5.91 Å². The Labute approximate surface area is 173 Å². The number of nitrogens with one attached hydrogen (secondary N) is 2. The Morgan fingerprint density at radius 1 is 1.16 bits per heavy atom. The Bertz CT molecular complexity index is 1130. The van der Waals surface area contributed by atoms with Crippen LogP contribution in [0.4, 0.5) is 13.2 Å². The summed E-state index contributed by atoms with van der Waals surface area (Å²) in [6, 6.07) is 7.55. The summed E-state index contributed by atoms with van der Waals surface area (Å²) in [6.07, 6.45) is -0.109. The summed E-state index contributed by atoms with van der Waals surface area (Å²) in [4.78, 5) is 39.5. The van der Waals surface area contributed by atoms with Crippen LogP contribution < -0.4 is 15.6 Å². The molecule has 0 saturated heterocycles. The number of amides is 1. The maximum atomic E-state index is 12.8. The first kappa shape index (κ1) is 20.5. The number of nitrogens with zero attached hydrogens (tertiary/aromatic N) is 3. The number of rotatable bonds is 6. The quantitative estimate of drug-likeness (QED) is 0.621. The monoisotopic (exact) mass is 431 g/mol. The summed E-state index contributed by atoms with van der Waals surface area (Å²) in [7, 11) is 0. The average molecular weight is 431 g/mol. The van der Waals surface area contributed by atoms with Gasteiger partial charge in [0.1, 0.15) is 11.4 Å². The number of hydrogen-bond donors (Lipinski definition) is 2. The number of carbonyl (C=O) groups is 1. The van der Waals surface area contributed by atoms with Gasteiger partial charge < -0.3 is 15.0 Å². The van der Waals surface area contributed by atoms with E-state index in [1.165, 1.54) is 36.7 Å². The van der Waals surface area contributed by atoms with Gasteiger partial charge in [0, 0.05) is 18.5 Å². The molecule has 1 saturated carbocycles. The minimum atomic E-state index is -4.78. The second-order valence-electron chi connectivity index (χ2n) is 6.96. The van der Waals surface area contributed by atoms with E-state index in [4.69, 9.17) is 0 Å². The summed E-state index contributed by atoms with van der Waals surface area (Å²) in [5.41, 5.74) is -0.0325. The fourth-order valence-electron chi connectivity index (χ4n) is 3.10. The average Bonchev–Trinajstić information content (AvgIpc) is 3.57. The first-order valence-corrected chi connectivity index (χ1v) is 9.34. The van der Waals surface area contributed by atoms with Crippen LogP contribution in [0, 0.1) is 5.92 Å². The van der Waals surface area contributed by atoms with Gasteiger partial charge in [-0.2, -0.15) is 0 Å². The Morgan fingerprint density at radius 2 is 1.84 bits per heavy atom. The zero-order valence-corrected chi connectivity index (χ0v) is 15.9. The lowest BCUT2D eigenvalue weighted by Crippen LogP contribution is -2.31. The van der Waals surface area contributed by atoms with Crippen LogP contribution in [0.15, 0.2) is 53.6 Å². The maximum absolute atomic E-state index is 12.8. The number of aromatic nitrogens is 4. The highest BCUT2D eigenvalue weighted by atomic mass is 19.4. The number of benzene rings is 1. The van der Waals surface area contributed by atoms with Crippen LogP contribution in [0.1, 0.15) is 34.9 Å². The first-order valence-electron chi connectivity index (χ1n) is 9.34. The van der Waals surface area contributed by atoms with Gasteiger partial charge >= 0.3 is 6.36 Å².